The number of nitrogens with zero attached hydrogens (tertiary/aromatic N) is 1. The Labute approximate surface area is 177 Å². The Morgan fingerprint density at radius 1 is 1.00 bits per heavy atom. The zero-order valence-corrected chi connectivity index (χ0v) is 18.1. The van der Waals surface area contributed by atoms with E-state index in [1.807, 2.05) is 62.4 Å². The van der Waals surface area contributed by atoms with E-state index in [1.54, 1.807) is 12.1 Å². The normalized spacial score (nSPS) is 17.7. The molecule has 156 valence electrons. The summed E-state index contributed by atoms with van der Waals surface area (Å²) in [4.78, 5) is 13.2. The number of nitrogens with one attached hydrogen (secondary N) is 1. The van der Waals surface area contributed by atoms with Gasteiger partial charge in [-0.05, 0) is 66.8 Å². The highest BCUT2D eigenvalue weighted by molar-refractivity contribution is 7.89. The van der Waals surface area contributed by atoms with Crippen molar-refractivity contribution in [3.05, 3.63) is 71.8 Å². The summed E-state index contributed by atoms with van der Waals surface area (Å²) in [5, 5.41) is 4.89. The van der Waals surface area contributed by atoms with Gasteiger partial charge in [0.05, 0.1) is 10.8 Å². The van der Waals surface area contributed by atoms with Crippen LogP contribution >= 0.6 is 0 Å². The van der Waals surface area contributed by atoms with Gasteiger partial charge < -0.3 is 5.32 Å². The Hall–Kier alpha value is -2.70. The molecule has 0 radical (unpaired) electrons. The molecule has 5 nitrogen and oxygen atoms in total. The fourth-order valence-corrected chi connectivity index (χ4v) is 5.53. The molecule has 0 aliphatic carbocycles. The molecule has 0 aromatic heterocycles. The monoisotopic (exact) mass is 422 g/mol. The lowest BCUT2D eigenvalue weighted by molar-refractivity contribution is -0.120. The van der Waals surface area contributed by atoms with Crippen LogP contribution in [0.15, 0.2) is 65.6 Å². The number of amides is 1. The second-order valence-corrected chi connectivity index (χ2v) is 9.89. The summed E-state index contributed by atoms with van der Waals surface area (Å²) in [6.07, 6.45) is 1.35. The molecule has 1 amide bonds. The molecule has 1 aliphatic heterocycles. The fourth-order valence-electron chi connectivity index (χ4n) is 3.97. The second-order valence-electron chi connectivity index (χ2n) is 7.95. The SMILES string of the molecule is Cc1cccc(NC(=O)[C@H]2CCCN(S(=O)(=O)c3ccc4ccccc4c3)C2)c1C. The van der Waals surface area contributed by atoms with Gasteiger partial charge in [0.1, 0.15) is 0 Å². The van der Waals surface area contributed by atoms with Crippen LogP contribution in [0.5, 0.6) is 0 Å². The smallest absolute Gasteiger partial charge is 0.243 e. The molecule has 1 heterocycles. The van der Waals surface area contributed by atoms with Gasteiger partial charge in [-0.15, -0.1) is 0 Å². The molecule has 1 saturated heterocycles. The quantitative estimate of drug-likeness (QED) is 0.673. The third kappa shape index (κ3) is 3.98. The molecule has 3 aromatic carbocycles. The average molecular weight is 423 g/mol. The van der Waals surface area contributed by atoms with Gasteiger partial charge in [0.2, 0.25) is 15.9 Å². The summed E-state index contributed by atoms with van der Waals surface area (Å²) in [6, 6.07) is 18.7. The zero-order valence-electron chi connectivity index (χ0n) is 17.3. The number of hydrogen-bond acceptors (Lipinski definition) is 3. The van der Waals surface area contributed by atoms with Crippen molar-refractivity contribution in [3.8, 4) is 0 Å². The van der Waals surface area contributed by atoms with Crippen molar-refractivity contribution in [2.45, 2.75) is 31.6 Å². The molecule has 0 spiro atoms. The van der Waals surface area contributed by atoms with E-state index in [0.29, 0.717) is 19.4 Å². The van der Waals surface area contributed by atoms with Crippen LogP contribution in [0.2, 0.25) is 0 Å². The maximum atomic E-state index is 13.3. The van der Waals surface area contributed by atoms with Gasteiger partial charge in [-0.1, -0.05) is 42.5 Å². The van der Waals surface area contributed by atoms with Gasteiger partial charge in [-0.3, -0.25) is 4.79 Å². The predicted octanol–water partition coefficient (Wildman–Crippen LogP) is 4.50. The molecule has 0 bridgehead atoms. The van der Waals surface area contributed by atoms with Crippen LogP contribution in [0.4, 0.5) is 5.69 Å². The van der Waals surface area contributed by atoms with Gasteiger partial charge in [-0.25, -0.2) is 8.42 Å². The Bertz CT molecular complexity index is 1200. The molecule has 1 aliphatic rings. The Kier molecular flexibility index (Phi) is 5.62. The van der Waals surface area contributed by atoms with Crippen molar-refractivity contribution in [2.75, 3.05) is 18.4 Å². The van der Waals surface area contributed by atoms with Crippen molar-refractivity contribution < 1.29 is 13.2 Å². The number of benzene rings is 3. The predicted molar refractivity (Wildman–Crippen MR) is 120 cm³/mol. The lowest BCUT2D eigenvalue weighted by Gasteiger charge is -2.31. The number of rotatable bonds is 4. The molecule has 1 atom stereocenters. The zero-order chi connectivity index (χ0) is 21.3. The molecule has 3 aromatic rings. The van der Waals surface area contributed by atoms with E-state index in [1.165, 1.54) is 4.31 Å². The molecule has 4 rings (SSSR count). The lowest BCUT2D eigenvalue weighted by Crippen LogP contribution is -2.43. The molecule has 1 N–H and O–H groups in total. The van der Waals surface area contributed by atoms with E-state index in [2.05, 4.69) is 5.32 Å². The highest BCUT2D eigenvalue weighted by Crippen LogP contribution is 2.27. The summed E-state index contributed by atoms with van der Waals surface area (Å²) >= 11 is 0. The first-order valence-electron chi connectivity index (χ1n) is 10.2. The summed E-state index contributed by atoms with van der Waals surface area (Å²) in [6.45, 7) is 4.61. The topological polar surface area (TPSA) is 66.5 Å². The summed E-state index contributed by atoms with van der Waals surface area (Å²) < 4.78 is 28.0. The number of hydrogen-bond donors (Lipinski definition) is 1. The number of fused-ring (bicyclic) bond motifs is 1. The van der Waals surface area contributed by atoms with Crippen molar-refractivity contribution in [1.82, 2.24) is 4.31 Å². The van der Waals surface area contributed by atoms with Crippen LogP contribution in [-0.4, -0.2) is 31.7 Å². The Morgan fingerprint density at radius 2 is 1.77 bits per heavy atom. The van der Waals surface area contributed by atoms with Crippen LogP contribution in [0, 0.1) is 19.8 Å². The second kappa shape index (κ2) is 8.20. The molecular weight excluding hydrogens is 396 g/mol. The van der Waals surface area contributed by atoms with Crippen LogP contribution in [0.1, 0.15) is 24.0 Å². The Balaban J connectivity index is 1.53. The molecule has 0 unspecified atom stereocenters. The minimum absolute atomic E-state index is 0.123. The first-order chi connectivity index (χ1) is 14.4. The maximum absolute atomic E-state index is 13.3. The molecule has 30 heavy (non-hydrogen) atoms. The van der Waals surface area contributed by atoms with Gasteiger partial charge in [0, 0.05) is 18.8 Å². The van der Waals surface area contributed by atoms with Crippen molar-refractivity contribution in [2.24, 2.45) is 5.92 Å². The highest BCUT2D eigenvalue weighted by Gasteiger charge is 2.33. The molecule has 1 fully saturated rings. The minimum atomic E-state index is -3.65. The van der Waals surface area contributed by atoms with Gasteiger partial charge >= 0.3 is 0 Å². The van der Waals surface area contributed by atoms with Gasteiger partial charge in [0.15, 0.2) is 0 Å². The number of sulfonamides is 1. The first kappa shape index (κ1) is 20.6. The van der Waals surface area contributed by atoms with Crippen LogP contribution in [0.3, 0.4) is 0 Å². The highest BCUT2D eigenvalue weighted by atomic mass is 32.2. The van der Waals surface area contributed by atoms with Crippen LogP contribution in [0.25, 0.3) is 10.8 Å². The fraction of sp³-hybridized carbons (Fsp3) is 0.292. The van der Waals surface area contributed by atoms with E-state index < -0.39 is 10.0 Å². The Morgan fingerprint density at radius 3 is 2.57 bits per heavy atom. The largest absolute Gasteiger partial charge is 0.326 e. The average Bonchev–Trinajstić information content (AvgIpc) is 2.76. The standard InChI is InChI=1S/C24H26N2O3S/c1-17-7-5-11-23(18(17)2)25-24(27)21-10-6-14-26(16-21)30(28,29)22-13-12-19-8-3-4-9-20(19)15-22/h3-5,7-9,11-13,15,21H,6,10,14,16H2,1-2H3,(H,25,27)/t21-/m0/s1. The number of aryl methyl sites for hydroxylation is 1. The molecular formula is C24H26N2O3S. The number of piperidine rings is 1. The third-order valence-electron chi connectivity index (χ3n) is 5.98. The lowest BCUT2D eigenvalue weighted by atomic mass is 9.98. The third-order valence-corrected chi connectivity index (χ3v) is 7.84. The van der Waals surface area contributed by atoms with Crippen molar-refractivity contribution >= 4 is 32.4 Å². The van der Waals surface area contributed by atoms with E-state index in [0.717, 1.165) is 27.6 Å². The van der Waals surface area contributed by atoms with E-state index >= 15 is 0 Å². The first-order valence-corrected chi connectivity index (χ1v) is 11.7. The number of anilines is 1. The van der Waals surface area contributed by atoms with Crippen LogP contribution < -0.4 is 5.32 Å². The minimum Gasteiger partial charge on any atom is -0.326 e. The van der Waals surface area contributed by atoms with Crippen molar-refractivity contribution in [1.29, 1.82) is 0 Å². The maximum Gasteiger partial charge on any atom is 0.243 e. The van der Waals surface area contributed by atoms with Crippen molar-refractivity contribution in [3.63, 3.8) is 0 Å². The number of carbonyl (C=O) groups excluding carboxylic acids is 1. The summed E-state index contributed by atoms with van der Waals surface area (Å²) in [5.41, 5.74) is 2.92. The van der Waals surface area contributed by atoms with E-state index in [4.69, 9.17) is 0 Å². The number of carbonyl (C=O) groups is 1. The molecule has 0 saturated carbocycles. The summed E-state index contributed by atoms with van der Waals surface area (Å²) in [5.74, 6) is -0.490. The van der Waals surface area contributed by atoms with Crippen LogP contribution in [-0.2, 0) is 14.8 Å². The van der Waals surface area contributed by atoms with Gasteiger partial charge in [-0.2, -0.15) is 4.31 Å². The van der Waals surface area contributed by atoms with E-state index in [-0.39, 0.29) is 23.3 Å². The molecule has 6 heteroatoms. The summed E-state index contributed by atoms with van der Waals surface area (Å²) in [7, 11) is -3.65. The van der Waals surface area contributed by atoms with Gasteiger partial charge in [0.25, 0.3) is 0 Å². The van der Waals surface area contributed by atoms with E-state index in [9.17, 15) is 13.2 Å².